The Balaban J connectivity index is 1.73. The third-order valence-corrected chi connectivity index (χ3v) is 5.03. The van der Waals surface area contributed by atoms with Crippen LogP contribution in [0.4, 0.5) is 4.79 Å². The molecule has 2 saturated heterocycles. The fraction of sp³-hybridized carbons (Fsp3) is 0.647. The molecule has 0 radical (unpaired) electrons. The molecule has 0 bridgehead atoms. The summed E-state index contributed by atoms with van der Waals surface area (Å²) >= 11 is 0. The van der Waals surface area contributed by atoms with Crippen LogP contribution in [0.5, 0.6) is 0 Å². The number of ether oxygens (including phenoxy) is 3. The van der Waals surface area contributed by atoms with Gasteiger partial charge in [-0.15, -0.1) is 0 Å². The Morgan fingerprint density at radius 1 is 1.57 bits per heavy atom. The molecule has 1 N–H and O–H groups in total. The van der Waals surface area contributed by atoms with Crippen molar-refractivity contribution in [2.45, 2.75) is 50.4 Å². The Kier molecular flexibility index (Phi) is 4.19. The van der Waals surface area contributed by atoms with E-state index in [0.29, 0.717) is 5.57 Å². The highest BCUT2D eigenvalue weighted by Gasteiger charge is 2.61. The molecular formula is C17H23NO5. The van der Waals surface area contributed by atoms with E-state index in [9.17, 15) is 9.59 Å². The predicted molar refractivity (Wildman–Crippen MR) is 82.7 cm³/mol. The van der Waals surface area contributed by atoms with E-state index in [-0.39, 0.29) is 36.3 Å². The van der Waals surface area contributed by atoms with E-state index in [2.05, 4.69) is 24.9 Å². The highest BCUT2D eigenvalue weighted by molar-refractivity contribution is 5.91. The smallest absolute Gasteiger partial charge is 0.407 e. The minimum atomic E-state index is -0.442. The van der Waals surface area contributed by atoms with E-state index in [0.717, 1.165) is 31.3 Å². The first-order valence-electron chi connectivity index (χ1n) is 8.04. The van der Waals surface area contributed by atoms with Crippen molar-refractivity contribution in [3.05, 3.63) is 23.8 Å². The van der Waals surface area contributed by atoms with E-state index in [1.807, 2.05) is 0 Å². The summed E-state index contributed by atoms with van der Waals surface area (Å²) in [6, 6.07) is 0. The molecule has 4 atom stereocenters. The van der Waals surface area contributed by atoms with Crippen LogP contribution >= 0.6 is 0 Å². The minimum Gasteiger partial charge on any atom is -0.455 e. The first-order chi connectivity index (χ1) is 10.9. The summed E-state index contributed by atoms with van der Waals surface area (Å²) in [5, 5.41) is 2.44. The summed E-state index contributed by atoms with van der Waals surface area (Å²) in [7, 11) is 1.53. The first kappa shape index (κ1) is 16.1. The molecule has 3 aliphatic rings. The van der Waals surface area contributed by atoms with Crippen molar-refractivity contribution in [1.29, 1.82) is 0 Å². The molecule has 23 heavy (non-hydrogen) atoms. The maximum absolute atomic E-state index is 11.9. The zero-order valence-corrected chi connectivity index (χ0v) is 13.6. The number of carbonyl (C=O) groups is 2. The predicted octanol–water partition coefficient (Wildman–Crippen LogP) is 2.10. The van der Waals surface area contributed by atoms with Crippen LogP contribution in [0.25, 0.3) is 0 Å². The molecule has 126 valence electrons. The maximum Gasteiger partial charge on any atom is 0.407 e. The molecule has 6 nitrogen and oxygen atoms in total. The molecule has 0 spiro atoms. The lowest BCUT2D eigenvalue weighted by Gasteiger charge is -2.20. The molecule has 6 heteroatoms. The Morgan fingerprint density at radius 3 is 3.09 bits per heavy atom. The van der Waals surface area contributed by atoms with Gasteiger partial charge >= 0.3 is 12.1 Å². The maximum atomic E-state index is 11.9. The van der Waals surface area contributed by atoms with Crippen molar-refractivity contribution in [2.75, 3.05) is 13.7 Å². The summed E-state index contributed by atoms with van der Waals surface area (Å²) in [6.45, 7) is 6.21. The van der Waals surface area contributed by atoms with E-state index in [1.165, 1.54) is 7.05 Å². The van der Waals surface area contributed by atoms with Gasteiger partial charge in [-0.1, -0.05) is 12.7 Å². The number of hydrogen-bond acceptors (Lipinski definition) is 5. The third kappa shape index (κ3) is 3.13. The van der Waals surface area contributed by atoms with Crippen LogP contribution in [-0.2, 0) is 19.0 Å². The monoisotopic (exact) mass is 321 g/mol. The molecule has 2 fully saturated rings. The molecule has 0 aromatic heterocycles. The summed E-state index contributed by atoms with van der Waals surface area (Å²) in [4.78, 5) is 23.1. The molecule has 2 aliphatic heterocycles. The Morgan fingerprint density at radius 2 is 2.35 bits per heavy atom. The van der Waals surface area contributed by atoms with E-state index < -0.39 is 6.09 Å². The average Bonchev–Trinajstić information content (AvgIpc) is 3.12. The van der Waals surface area contributed by atoms with Crippen LogP contribution < -0.4 is 5.32 Å². The second-order valence-corrected chi connectivity index (χ2v) is 6.62. The number of epoxide rings is 1. The number of alkyl carbamates (subject to hydrolysis) is 1. The van der Waals surface area contributed by atoms with E-state index in [4.69, 9.17) is 14.2 Å². The Labute approximate surface area is 135 Å². The van der Waals surface area contributed by atoms with Gasteiger partial charge in [-0.25, -0.2) is 9.59 Å². The summed E-state index contributed by atoms with van der Waals surface area (Å²) in [5.41, 5.74) is 1.34. The van der Waals surface area contributed by atoms with Crippen molar-refractivity contribution in [3.63, 3.8) is 0 Å². The number of carbonyl (C=O) groups excluding carboxylic acids is 2. The van der Waals surface area contributed by atoms with Gasteiger partial charge in [0.25, 0.3) is 0 Å². The fourth-order valence-electron chi connectivity index (χ4n) is 3.48. The number of rotatable bonds is 2. The number of allylic oxidation sites excluding steroid dienone is 1. The average molecular weight is 321 g/mol. The second-order valence-electron chi connectivity index (χ2n) is 6.62. The Hall–Kier alpha value is -1.82. The van der Waals surface area contributed by atoms with Gasteiger partial charge in [-0.05, 0) is 38.2 Å². The van der Waals surface area contributed by atoms with Crippen LogP contribution in [0.2, 0.25) is 0 Å². The van der Waals surface area contributed by atoms with Crippen molar-refractivity contribution >= 4 is 12.1 Å². The van der Waals surface area contributed by atoms with E-state index >= 15 is 0 Å². The van der Waals surface area contributed by atoms with Gasteiger partial charge in [0, 0.05) is 18.5 Å². The third-order valence-electron chi connectivity index (χ3n) is 5.03. The molecule has 3 rings (SSSR count). The van der Waals surface area contributed by atoms with Gasteiger partial charge in [-0.3, -0.25) is 0 Å². The normalized spacial score (nSPS) is 38.5. The van der Waals surface area contributed by atoms with Crippen molar-refractivity contribution < 1.29 is 23.8 Å². The molecule has 1 aliphatic carbocycles. The number of nitrogens with one attached hydrogen (secondary N) is 1. The van der Waals surface area contributed by atoms with Crippen LogP contribution in [-0.4, -0.2) is 43.5 Å². The van der Waals surface area contributed by atoms with Crippen LogP contribution in [0.3, 0.4) is 0 Å². The number of fused-ring (bicyclic) bond motifs is 3. The van der Waals surface area contributed by atoms with Crippen molar-refractivity contribution in [1.82, 2.24) is 5.32 Å². The summed E-state index contributed by atoms with van der Waals surface area (Å²) in [6.07, 6.45) is 4.60. The minimum absolute atomic E-state index is 0.0316. The summed E-state index contributed by atoms with van der Waals surface area (Å²) in [5.74, 6) is -0.347. The molecule has 0 aromatic carbocycles. The van der Waals surface area contributed by atoms with Gasteiger partial charge < -0.3 is 19.5 Å². The topological polar surface area (TPSA) is 77.2 Å². The van der Waals surface area contributed by atoms with Gasteiger partial charge in [0.15, 0.2) is 0 Å². The van der Waals surface area contributed by atoms with Gasteiger partial charge in [0.05, 0.1) is 5.60 Å². The molecule has 0 aromatic rings. The number of hydrogen-bond donors (Lipinski definition) is 1. The number of esters is 1. The highest BCUT2D eigenvalue weighted by Crippen LogP contribution is 2.49. The number of amides is 1. The highest BCUT2D eigenvalue weighted by atomic mass is 16.6. The molecule has 0 unspecified atom stereocenters. The Bertz CT molecular complexity index is 569. The SMILES string of the molecule is C=C1C(=O)O[C@H]2[C@H]1CC/C(COC(=O)NC)=C\CC[C@@]1(C)O[C@@H]21. The summed E-state index contributed by atoms with van der Waals surface area (Å²) < 4.78 is 16.5. The van der Waals surface area contributed by atoms with Gasteiger partial charge in [0.1, 0.15) is 18.8 Å². The van der Waals surface area contributed by atoms with Gasteiger partial charge in [0.2, 0.25) is 0 Å². The first-order valence-corrected chi connectivity index (χ1v) is 8.04. The van der Waals surface area contributed by atoms with Crippen molar-refractivity contribution in [3.8, 4) is 0 Å². The largest absolute Gasteiger partial charge is 0.455 e. The lowest BCUT2D eigenvalue weighted by molar-refractivity contribution is -0.140. The van der Waals surface area contributed by atoms with Crippen LogP contribution in [0, 0.1) is 5.92 Å². The molecular weight excluding hydrogens is 298 g/mol. The lowest BCUT2D eigenvalue weighted by Crippen LogP contribution is -2.29. The second kappa shape index (κ2) is 6.00. The molecule has 0 saturated carbocycles. The zero-order valence-electron chi connectivity index (χ0n) is 13.6. The molecule has 2 heterocycles. The standard InChI is InChI=1S/C17H23NO5/c1-10-12-7-6-11(9-21-16(20)18-3)5-4-8-17(2)14(23-17)13(12)22-15(10)19/h5,12-14H,1,4,6-9H2,2-3H3,(H,18,20)/b11-5+/t12-,13-,14-,17+/m0/s1. The van der Waals surface area contributed by atoms with Crippen LogP contribution in [0.15, 0.2) is 23.8 Å². The van der Waals surface area contributed by atoms with Crippen LogP contribution in [0.1, 0.15) is 32.6 Å². The molecule has 1 amide bonds. The van der Waals surface area contributed by atoms with E-state index in [1.54, 1.807) is 0 Å². The van der Waals surface area contributed by atoms with Gasteiger partial charge in [-0.2, -0.15) is 0 Å². The fourth-order valence-corrected chi connectivity index (χ4v) is 3.48. The lowest BCUT2D eigenvalue weighted by atomic mass is 9.84. The quantitative estimate of drug-likeness (QED) is 0.365. The van der Waals surface area contributed by atoms with Crippen molar-refractivity contribution in [2.24, 2.45) is 5.92 Å². The zero-order chi connectivity index (χ0) is 16.6.